The maximum Gasteiger partial charge on any atom is 0.264 e. The highest BCUT2D eigenvalue weighted by Crippen LogP contribution is 2.38. The van der Waals surface area contributed by atoms with Crippen molar-refractivity contribution in [2.24, 2.45) is 0 Å². The number of hydrogen-bond donors (Lipinski definition) is 1. The summed E-state index contributed by atoms with van der Waals surface area (Å²) < 4.78 is 60.8. The molecule has 0 spiro atoms. The smallest absolute Gasteiger partial charge is 0.264 e. The molecule has 216 valence electrons. The first kappa shape index (κ1) is 30.2. The van der Waals surface area contributed by atoms with Crippen LogP contribution in [-0.4, -0.2) is 63.0 Å². The van der Waals surface area contributed by atoms with Gasteiger partial charge in [-0.25, -0.2) is 8.42 Å². The van der Waals surface area contributed by atoms with Gasteiger partial charge in [0.25, 0.3) is 10.0 Å². The quantitative estimate of drug-likeness (QED) is 0.308. The Morgan fingerprint density at radius 2 is 1.38 bits per heavy atom. The van der Waals surface area contributed by atoms with E-state index in [1.54, 1.807) is 36.4 Å². The number of carbonyl (C=O) groups is 1. The van der Waals surface area contributed by atoms with Crippen molar-refractivity contribution in [3.05, 3.63) is 60.2 Å². The number of methoxy groups -OCH3 is 5. The number of nitrogens with zero attached hydrogens (tertiary/aromatic N) is 1. The topological polar surface area (TPSA) is 122 Å². The number of rotatable bonds is 14. The zero-order valence-electron chi connectivity index (χ0n) is 23.3. The lowest BCUT2D eigenvalue weighted by atomic mass is 10.1. The van der Waals surface area contributed by atoms with Crippen LogP contribution in [-0.2, 0) is 21.4 Å². The van der Waals surface area contributed by atoms with E-state index in [0.29, 0.717) is 40.9 Å². The van der Waals surface area contributed by atoms with E-state index in [4.69, 9.17) is 28.4 Å². The number of anilines is 1. The van der Waals surface area contributed by atoms with Crippen LogP contribution in [0.3, 0.4) is 0 Å². The highest BCUT2D eigenvalue weighted by Gasteiger charge is 2.28. The van der Waals surface area contributed by atoms with Gasteiger partial charge in [-0.05, 0) is 61.0 Å². The molecule has 3 aromatic carbocycles. The molecule has 0 aliphatic rings. The Morgan fingerprint density at radius 1 is 0.775 bits per heavy atom. The predicted molar refractivity (Wildman–Crippen MR) is 150 cm³/mol. The Balaban J connectivity index is 1.92. The van der Waals surface area contributed by atoms with Crippen LogP contribution < -0.4 is 38.0 Å². The van der Waals surface area contributed by atoms with Gasteiger partial charge >= 0.3 is 0 Å². The normalized spacial score (nSPS) is 10.8. The Bertz CT molecular complexity index is 1380. The molecule has 1 N–H and O–H groups in total. The fourth-order valence-electron chi connectivity index (χ4n) is 3.92. The van der Waals surface area contributed by atoms with Crippen molar-refractivity contribution in [1.29, 1.82) is 0 Å². The Labute approximate surface area is 234 Å². The first-order chi connectivity index (χ1) is 19.2. The fraction of sp³-hybridized carbons (Fsp3) is 0.321. The maximum atomic E-state index is 13.8. The third-order valence-electron chi connectivity index (χ3n) is 5.88. The molecule has 11 nitrogen and oxygen atoms in total. The molecular formula is C28H34N2O9S. The molecule has 0 heterocycles. The predicted octanol–water partition coefficient (Wildman–Crippen LogP) is 3.64. The van der Waals surface area contributed by atoms with Gasteiger partial charge in [0.2, 0.25) is 11.7 Å². The van der Waals surface area contributed by atoms with Gasteiger partial charge in [0.15, 0.2) is 23.0 Å². The SMILES string of the molecule is CCOc1ccc(N(CC(=O)NCc2cc(OC)c(OC)c(OC)c2)S(=O)(=O)c2ccc(OC)c(OC)c2)cc1. The van der Waals surface area contributed by atoms with Gasteiger partial charge in [-0.15, -0.1) is 0 Å². The summed E-state index contributed by atoms with van der Waals surface area (Å²) in [5, 5.41) is 2.77. The average Bonchev–Trinajstić information content (AvgIpc) is 2.98. The first-order valence-electron chi connectivity index (χ1n) is 12.3. The molecule has 0 aliphatic heterocycles. The number of amides is 1. The van der Waals surface area contributed by atoms with E-state index < -0.39 is 22.5 Å². The molecule has 0 saturated heterocycles. The summed E-state index contributed by atoms with van der Waals surface area (Å²) >= 11 is 0. The van der Waals surface area contributed by atoms with Crippen molar-refractivity contribution < 1.29 is 41.6 Å². The molecule has 0 fully saturated rings. The van der Waals surface area contributed by atoms with Crippen LogP contribution in [0.15, 0.2) is 59.5 Å². The minimum absolute atomic E-state index is 0.0727. The monoisotopic (exact) mass is 574 g/mol. The highest BCUT2D eigenvalue weighted by molar-refractivity contribution is 7.92. The van der Waals surface area contributed by atoms with E-state index in [-0.39, 0.29) is 22.9 Å². The lowest BCUT2D eigenvalue weighted by Gasteiger charge is -2.25. The van der Waals surface area contributed by atoms with Gasteiger partial charge in [-0.3, -0.25) is 9.10 Å². The zero-order chi connectivity index (χ0) is 29.3. The van der Waals surface area contributed by atoms with E-state index in [0.717, 1.165) is 4.31 Å². The van der Waals surface area contributed by atoms with E-state index in [9.17, 15) is 13.2 Å². The van der Waals surface area contributed by atoms with Gasteiger partial charge in [-0.1, -0.05) is 0 Å². The number of benzene rings is 3. The summed E-state index contributed by atoms with van der Waals surface area (Å²) in [4.78, 5) is 13.1. The molecule has 40 heavy (non-hydrogen) atoms. The molecule has 0 bridgehead atoms. The van der Waals surface area contributed by atoms with Crippen LogP contribution in [0.4, 0.5) is 5.69 Å². The second-order valence-electron chi connectivity index (χ2n) is 8.27. The van der Waals surface area contributed by atoms with E-state index >= 15 is 0 Å². The second kappa shape index (κ2) is 13.7. The zero-order valence-corrected chi connectivity index (χ0v) is 24.2. The molecule has 0 aromatic heterocycles. The largest absolute Gasteiger partial charge is 0.494 e. The summed E-state index contributed by atoms with van der Waals surface area (Å²) in [6.45, 7) is 1.90. The Hall–Kier alpha value is -4.32. The summed E-state index contributed by atoms with van der Waals surface area (Å²) in [6, 6.07) is 14.1. The van der Waals surface area contributed by atoms with Crippen LogP contribution in [0.2, 0.25) is 0 Å². The van der Waals surface area contributed by atoms with Gasteiger partial charge < -0.3 is 33.7 Å². The Kier molecular flexibility index (Phi) is 10.3. The van der Waals surface area contributed by atoms with Crippen LogP contribution in [0.1, 0.15) is 12.5 Å². The first-order valence-corrected chi connectivity index (χ1v) is 13.7. The van der Waals surface area contributed by atoms with Gasteiger partial charge in [0.1, 0.15) is 12.3 Å². The van der Waals surface area contributed by atoms with Crippen molar-refractivity contribution in [1.82, 2.24) is 5.32 Å². The van der Waals surface area contributed by atoms with E-state index in [1.165, 1.54) is 53.7 Å². The number of sulfonamides is 1. The summed E-state index contributed by atoms with van der Waals surface area (Å²) in [5.74, 6) is 1.92. The van der Waals surface area contributed by atoms with Gasteiger partial charge in [0, 0.05) is 12.6 Å². The van der Waals surface area contributed by atoms with Crippen molar-refractivity contribution in [3.63, 3.8) is 0 Å². The third-order valence-corrected chi connectivity index (χ3v) is 7.65. The number of ether oxygens (including phenoxy) is 6. The van der Waals surface area contributed by atoms with Crippen molar-refractivity contribution in [3.8, 4) is 34.5 Å². The molecule has 0 saturated carbocycles. The van der Waals surface area contributed by atoms with Gasteiger partial charge in [-0.2, -0.15) is 0 Å². The van der Waals surface area contributed by atoms with E-state index in [2.05, 4.69) is 5.32 Å². The van der Waals surface area contributed by atoms with E-state index in [1.807, 2.05) is 6.92 Å². The lowest BCUT2D eigenvalue weighted by Crippen LogP contribution is -2.40. The molecule has 1 amide bonds. The van der Waals surface area contributed by atoms with Crippen molar-refractivity contribution in [2.45, 2.75) is 18.4 Å². The minimum Gasteiger partial charge on any atom is -0.494 e. The van der Waals surface area contributed by atoms with Crippen LogP contribution in [0.5, 0.6) is 34.5 Å². The van der Waals surface area contributed by atoms with Crippen LogP contribution in [0, 0.1) is 0 Å². The molecule has 0 atom stereocenters. The fourth-order valence-corrected chi connectivity index (χ4v) is 5.36. The average molecular weight is 575 g/mol. The minimum atomic E-state index is -4.21. The lowest BCUT2D eigenvalue weighted by molar-refractivity contribution is -0.119. The molecular weight excluding hydrogens is 540 g/mol. The number of carbonyl (C=O) groups excluding carboxylic acids is 1. The second-order valence-corrected chi connectivity index (χ2v) is 10.1. The van der Waals surface area contributed by atoms with Crippen LogP contribution in [0.25, 0.3) is 0 Å². The van der Waals surface area contributed by atoms with Crippen LogP contribution >= 0.6 is 0 Å². The standard InChI is InChI=1S/C28H34N2O9S/c1-7-39-21-10-8-20(9-11-21)30(40(32,33)22-12-13-23(34-2)24(16-22)35-3)18-27(31)29-17-19-14-25(36-4)28(38-6)26(15-19)37-5/h8-16H,7,17-18H2,1-6H3,(H,29,31). The molecule has 3 rings (SSSR count). The summed E-state index contributed by atoms with van der Waals surface area (Å²) in [5.41, 5.74) is 0.944. The molecule has 0 aliphatic carbocycles. The summed E-state index contributed by atoms with van der Waals surface area (Å²) in [7, 11) is 3.14. The number of nitrogens with one attached hydrogen (secondary N) is 1. The highest BCUT2D eigenvalue weighted by atomic mass is 32.2. The summed E-state index contributed by atoms with van der Waals surface area (Å²) in [6.07, 6.45) is 0. The Morgan fingerprint density at radius 3 is 1.90 bits per heavy atom. The molecule has 0 unspecified atom stereocenters. The van der Waals surface area contributed by atoms with Gasteiger partial charge in [0.05, 0.1) is 52.7 Å². The molecule has 12 heteroatoms. The van der Waals surface area contributed by atoms with Crippen molar-refractivity contribution >= 4 is 21.6 Å². The van der Waals surface area contributed by atoms with Crippen molar-refractivity contribution in [2.75, 3.05) is 53.0 Å². The maximum absolute atomic E-state index is 13.8. The molecule has 0 radical (unpaired) electrons. The number of hydrogen-bond acceptors (Lipinski definition) is 9. The molecule has 3 aromatic rings. The third kappa shape index (κ3) is 6.81.